The zero-order valence-electron chi connectivity index (χ0n) is 10.6. The standard InChI is InChI=1S/C15H11Br2NO2/c1-9(19)18-12-5-2-10(3-6-12)15(20)13-8-11(16)4-7-14(13)17/h2-8H,1H3,(H,18,19). The van der Waals surface area contributed by atoms with E-state index in [2.05, 4.69) is 37.2 Å². The van der Waals surface area contributed by atoms with Crippen LogP contribution < -0.4 is 5.32 Å². The van der Waals surface area contributed by atoms with Gasteiger partial charge in [-0.1, -0.05) is 31.9 Å². The number of ketones is 1. The monoisotopic (exact) mass is 395 g/mol. The molecular formula is C15H11Br2NO2. The first-order valence-corrected chi connectivity index (χ1v) is 7.43. The summed E-state index contributed by atoms with van der Waals surface area (Å²) in [7, 11) is 0. The van der Waals surface area contributed by atoms with Crippen LogP contribution in [0.5, 0.6) is 0 Å². The average Bonchev–Trinajstić information content (AvgIpc) is 2.41. The van der Waals surface area contributed by atoms with Crippen molar-refractivity contribution in [3.8, 4) is 0 Å². The van der Waals surface area contributed by atoms with Crippen LogP contribution in [0.1, 0.15) is 22.8 Å². The van der Waals surface area contributed by atoms with E-state index in [1.54, 1.807) is 30.3 Å². The lowest BCUT2D eigenvalue weighted by molar-refractivity contribution is -0.114. The van der Waals surface area contributed by atoms with Gasteiger partial charge in [-0.15, -0.1) is 0 Å². The SMILES string of the molecule is CC(=O)Nc1ccc(C(=O)c2cc(Br)ccc2Br)cc1. The van der Waals surface area contributed by atoms with Crippen LogP contribution in [0.2, 0.25) is 0 Å². The van der Waals surface area contributed by atoms with Gasteiger partial charge in [0.1, 0.15) is 0 Å². The summed E-state index contributed by atoms with van der Waals surface area (Å²) < 4.78 is 1.59. The summed E-state index contributed by atoms with van der Waals surface area (Å²) in [6.07, 6.45) is 0. The third-order valence-corrected chi connectivity index (χ3v) is 3.83. The Labute approximate surface area is 133 Å². The fraction of sp³-hybridized carbons (Fsp3) is 0.0667. The number of amides is 1. The number of hydrogen-bond acceptors (Lipinski definition) is 2. The van der Waals surface area contributed by atoms with Crippen molar-refractivity contribution in [1.82, 2.24) is 0 Å². The highest BCUT2D eigenvalue weighted by atomic mass is 79.9. The first kappa shape index (κ1) is 14.9. The molecule has 0 aliphatic heterocycles. The lowest BCUT2D eigenvalue weighted by Gasteiger charge is -2.06. The molecule has 0 atom stereocenters. The molecule has 0 heterocycles. The fourth-order valence-corrected chi connectivity index (χ4v) is 2.52. The van der Waals surface area contributed by atoms with Gasteiger partial charge in [-0.05, 0) is 42.5 Å². The van der Waals surface area contributed by atoms with E-state index in [1.807, 2.05) is 12.1 Å². The Bertz CT molecular complexity index is 666. The third kappa shape index (κ3) is 3.55. The van der Waals surface area contributed by atoms with E-state index in [-0.39, 0.29) is 11.7 Å². The maximum absolute atomic E-state index is 12.4. The Morgan fingerprint density at radius 3 is 2.25 bits per heavy atom. The number of carbonyl (C=O) groups excluding carboxylic acids is 2. The Balaban J connectivity index is 2.29. The molecule has 0 bridgehead atoms. The molecule has 102 valence electrons. The number of anilines is 1. The average molecular weight is 397 g/mol. The van der Waals surface area contributed by atoms with Crippen molar-refractivity contribution in [2.24, 2.45) is 0 Å². The zero-order chi connectivity index (χ0) is 14.7. The van der Waals surface area contributed by atoms with Crippen LogP contribution in [0.15, 0.2) is 51.4 Å². The molecule has 0 unspecified atom stereocenters. The first-order valence-electron chi connectivity index (χ1n) is 5.85. The summed E-state index contributed by atoms with van der Waals surface area (Å²) in [6.45, 7) is 1.44. The molecular weight excluding hydrogens is 386 g/mol. The molecule has 5 heteroatoms. The summed E-state index contributed by atoms with van der Waals surface area (Å²) in [6, 6.07) is 12.3. The van der Waals surface area contributed by atoms with E-state index in [4.69, 9.17) is 0 Å². The van der Waals surface area contributed by atoms with Crippen LogP contribution in [0.3, 0.4) is 0 Å². The largest absolute Gasteiger partial charge is 0.326 e. The van der Waals surface area contributed by atoms with Gasteiger partial charge in [0.15, 0.2) is 5.78 Å². The molecule has 0 radical (unpaired) electrons. The summed E-state index contributed by atoms with van der Waals surface area (Å²) in [4.78, 5) is 23.4. The molecule has 2 aromatic rings. The number of benzene rings is 2. The van der Waals surface area contributed by atoms with Crippen LogP contribution in [0.25, 0.3) is 0 Å². The van der Waals surface area contributed by atoms with Crippen LogP contribution in [-0.2, 0) is 4.79 Å². The first-order chi connectivity index (χ1) is 9.47. The van der Waals surface area contributed by atoms with Crippen LogP contribution in [0, 0.1) is 0 Å². The van der Waals surface area contributed by atoms with Crippen molar-refractivity contribution in [2.45, 2.75) is 6.92 Å². The lowest BCUT2D eigenvalue weighted by Crippen LogP contribution is -2.06. The van der Waals surface area contributed by atoms with Gasteiger partial charge in [-0.2, -0.15) is 0 Å². The molecule has 0 saturated heterocycles. The maximum atomic E-state index is 12.4. The number of nitrogens with one attached hydrogen (secondary N) is 1. The minimum absolute atomic E-state index is 0.0763. The molecule has 0 fully saturated rings. The van der Waals surface area contributed by atoms with Gasteiger partial charge in [-0.3, -0.25) is 9.59 Å². The number of rotatable bonds is 3. The smallest absolute Gasteiger partial charge is 0.221 e. The van der Waals surface area contributed by atoms with Gasteiger partial charge < -0.3 is 5.32 Å². The molecule has 0 aliphatic rings. The summed E-state index contributed by atoms with van der Waals surface area (Å²) in [5.41, 5.74) is 1.83. The summed E-state index contributed by atoms with van der Waals surface area (Å²) in [5, 5.41) is 2.66. The van der Waals surface area contributed by atoms with Gasteiger partial charge in [0.2, 0.25) is 5.91 Å². The third-order valence-electron chi connectivity index (χ3n) is 2.64. The molecule has 20 heavy (non-hydrogen) atoms. The molecule has 1 N–H and O–H groups in total. The Morgan fingerprint density at radius 1 is 1.00 bits per heavy atom. The molecule has 2 aromatic carbocycles. The zero-order valence-corrected chi connectivity index (χ0v) is 13.8. The van der Waals surface area contributed by atoms with Gasteiger partial charge in [0, 0.05) is 32.7 Å². The van der Waals surface area contributed by atoms with E-state index >= 15 is 0 Å². The van der Waals surface area contributed by atoms with Crippen molar-refractivity contribution in [2.75, 3.05) is 5.32 Å². The highest BCUT2D eigenvalue weighted by Crippen LogP contribution is 2.24. The molecule has 0 aromatic heterocycles. The fourth-order valence-electron chi connectivity index (χ4n) is 1.74. The Morgan fingerprint density at radius 2 is 1.65 bits per heavy atom. The molecule has 0 saturated carbocycles. The van der Waals surface area contributed by atoms with E-state index < -0.39 is 0 Å². The minimum Gasteiger partial charge on any atom is -0.326 e. The van der Waals surface area contributed by atoms with E-state index in [1.165, 1.54) is 6.92 Å². The van der Waals surface area contributed by atoms with E-state index in [9.17, 15) is 9.59 Å². The van der Waals surface area contributed by atoms with Gasteiger partial charge in [-0.25, -0.2) is 0 Å². The van der Waals surface area contributed by atoms with Crippen LogP contribution in [-0.4, -0.2) is 11.7 Å². The number of carbonyl (C=O) groups is 2. The van der Waals surface area contributed by atoms with Gasteiger partial charge in [0.05, 0.1) is 0 Å². The predicted molar refractivity (Wildman–Crippen MR) is 86.0 cm³/mol. The second-order valence-corrected chi connectivity index (χ2v) is 5.98. The van der Waals surface area contributed by atoms with Crippen molar-refractivity contribution < 1.29 is 9.59 Å². The molecule has 2 rings (SSSR count). The van der Waals surface area contributed by atoms with Gasteiger partial charge in [0.25, 0.3) is 0 Å². The predicted octanol–water partition coefficient (Wildman–Crippen LogP) is 4.40. The topological polar surface area (TPSA) is 46.2 Å². The summed E-state index contributed by atoms with van der Waals surface area (Å²) >= 11 is 6.73. The minimum atomic E-state index is -0.140. The van der Waals surface area contributed by atoms with Crippen molar-refractivity contribution in [3.05, 3.63) is 62.5 Å². The molecule has 0 spiro atoms. The Kier molecular flexibility index (Phi) is 4.73. The quantitative estimate of drug-likeness (QED) is 0.781. The van der Waals surface area contributed by atoms with Gasteiger partial charge >= 0.3 is 0 Å². The van der Waals surface area contributed by atoms with Crippen LogP contribution >= 0.6 is 31.9 Å². The number of hydrogen-bond donors (Lipinski definition) is 1. The van der Waals surface area contributed by atoms with Crippen molar-refractivity contribution >= 4 is 49.2 Å². The lowest BCUT2D eigenvalue weighted by atomic mass is 10.0. The molecule has 1 amide bonds. The second kappa shape index (κ2) is 6.33. The molecule has 3 nitrogen and oxygen atoms in total. The maximum Gasteiger partial charge on any atom is 0.221 e. The normalized spacial score (nSPS) is 10.2. The van der Waals surface area contributed by atoms with E-state index in [0.29, 0.717) is 16.8 Å². The van der Waals surface area contributed by atoms with Crippen LogP contribution in [0.4, 0.5) is 5.69 Å². The molecule has 0 aliphatic carbocycles. The second-order valence-electron chi connectivity index (χ2n) is 4.21. The summed E-state index contributed by atoms with van der Waals surface area (Å²) in [5.74, 6) is -0.216. The highest BCUT2D eigenvalue weighted by molar-refractivity contribution is 9.11. The van der Waals surface area contributed by atoms with E-state index in [0.717, 1.165) is 8.95 Å². The Hall–Kier alpha value is -1.46. The highest BCUT2D eigenvalue weighted by Gasteiger charge is 2.13. The van der Waals surface area contributed by atoms with Crippen molar-refractivity contribution in [1.29, 1.82) is 0 Å². The number of halogens is 2. The van der Waals surface area contributed by atoms with Crippen molar-refractivity contribution in [3.63, 3.8) is 0 Å².